The van der Waals surface area contributed by atoms with Crippen molar-refractivity contribution in [3.63, 3.8) is 0 Å². The van der Waals surface area contributed by atoms with Gasteiger partial charge in [0.25, 0.3) is 0 Å². The highest BCUT2D eigenvalue weighted by molar-refractivity contribution is 5.24. The Balaban J connectivity index is 2.22. The van der Waals surface area contributed by atoms with Gasteiger partial charge in [0.05, 0.1) is 11.4 Å². The Morgan fingerprint density at radius 3 is 2.60 bits per heavy atom. The SMILES string of the molecule is Cc1ccc(Cc2cccnc2C)nn1. The molecule has 2 aromatic rings. The number of pyridine rings is 1. The maximum Gasteiger partial charge on any atom is 0.0675 e. The van der Waals surface area contributed by atoms with Crippen molar-refractivity contribution in [1.29, 1.82) is 0 Å². The molecule has 0 atom stereocenters. The van der Waals surface area contributed by atoms with Crippen molar-refractivity contribution in [1.82, 2.24) is 15.2 Å². The predicted octanol–water partition coefficient (Wildman–Crippen LogP) is 2.08. The van der Waals surface area contributed by atoms with E-state index in [2.05, 4.69) is 21.2 Å². The molecule has 0 saturated carbocycles. The molecule has 0 aliphatic heterocycles. The van der Waals surface area contributed by atoms with Crippen molar-refractivity contribution in [3.8, 4) is 0 Å². The maximum absolute atomic E-state index is 4.24. The van der Waals surface area contributed by atoms with Crippen LogP contribution in [0.4, 0.5) is 0 Å². The molecule has 3 nitrogen and oxygen atoms in total. The number of aromatic nitrogens is 3. The van der Waals surface area contributed by atoms with E-state index in [1.807, 2.05) is 32.0 Å². The predicted molar refractivity (Wildman–Crippen MR) is 58.5 cm³/mol. The summed E-state index contributed by atoms with van der Waals surface area (Å²) in [6, 6.07) is 8.01. The summed E-state index contributed by atoms with van der Waals surface area (Å²) in [4.78, 5) is 4.24. The molecule has 0 aromatic carbocycles. The molecule has 0 fully saturated rings. The minimum absolute atomic E-state index is 0.799. The standard InChI is InChI=1S/C12H13N3/c1-9-5-6-12(15-14-9)8-11-4-3-7-13-10(11)2/h3-7H,8H2,1-2H3. The summed E-state index contributed by atoms with van der Waals surface area (Å²) in [7, 11) is 0. The zero-order valence-electron chi connectivity index (χ0n) is 8.94. The lowest BCUT2D eigenvalue weighted by Crippen LogP contribution is -1.98. The second-order valence-electron chi connectivity index (χ2n) is 3.59. The van der Waals surface area contributed by atoms with Crippen molar-refractivity contribution in [3.05, 3.63) is 53.1 Å². The third-order valence-electron chi connectivity index (χ3n) is 2.34. The summed E-state index contributed by atoms with van der Waals surface area (Å²) < 4.78 is 0. The number of rotatable bonds is 2. The summed E-state index contributed by atoms with van der Waals surface area (Å²) in [5.41, 5.74) is 4.19. The van der Waals surface area contributed by atoms with Gasteiger partial charge in [-0.15, -0.1) is 0 Å². The first-order valence-corrected chi connectivity index (χ1v) is 4.95. The van der Waals surface area contributed by atoms with Gasteiger partial charge in [0.2, 0.25) is 0 Å². The Morgan fingerprint density at radius 1 is 1.07 bits per heavy atom. The molecule has 15 heavy (non-hydrogen) atoms. The molecule has 0 spiro atoms. The fraction of sp³-hybridized carbons (Fsp3) is 0.250. The molecule has 0 saturated heterocycles. The van der Waals surface area contributed by atoms with Gasteiger partial charge < -0.3 is 0 Å². The Labute approximate surface area is 89.2 Å². The molecule has 0 unspecified atom stereocenters. The van der Waals surface area contributed by atoms with E-state index in [4.69, 9.17) is 0 Å². The second-order valence-corrected chi connectivity index (χ2v) is 3.59. The van der Waals surface area contributed by atoms with Gasteiger partial charge in [0, 0.05) is 18.3 Å². The number of aryl methyl sites for hydroxylation is 2. The second kappa shape index (κ2) is 4.17. The summed E-state index contributed by atoms with van der Waals surface area (Å²) >= 11 is 0. The molecule has 0 aliphatic rings. The van der Waals surface area contributed by atoms with Crippen LogP contribution in [0.5, 0.6) is 0 Å². The zero-order valence-corrected chi connectivity index (χ0v) is 8.94. The van der Waals surface area contributed by atoms with Gasteiger partial charge in [-0.25, -0.2) is 0 Å². The van der Waals surface area contributed by atoms with Gasteiger partial charge in [0.15, 0.2) is 0 Å². The average molecular weight is 199 g/mol. The molecule has 0 radical (unpaired) electrons. The molecule has 3 heteroatoms. The first-order chi connectivity index (χ1) is 7.25. The highest BCUT2D eigenvalue weighted by Crippen LogP contribution is 2.09. The quantitative estimate of drug-likeness (QED) is 0.743. The van der Waals surface area contributed by atoms with E-state index in [1.165, 1.54) is 5.56 Å². The Morgan fingerprint density at radius 2 is 1.93 bits per heavy atom. The van der Waals surface area contributed by atoms with Gasteiger partial charge >= 0.3 is 0 Å². The molecule has 0 N–H and O–H groups in total. The zero-order chi connectivity index (χ0) is 10.7. The van der Waals surface area contributed by atoms with Crippen LogP contribution < -0.4 is 0 Å². The van der Waals surface area contributed by atoms with Gasteiger partial charge in [-0.3, -0.25) is 4.98 Å². The normalized spacial score (nSPS) is 10.3. The van der Waals surface area contributed by atoms with Crippen LogP contribution >= 0.6 is 0 Å². The van der Waals surface area contributed by atoms with Crippen LogP contribution in [-0.4, -0.2) is 15.2 Å². The van der Waals surface area contributed by atoms with Crippen molar-refractivity contribution in [2.75, 3.05) is 0 Å². The van der Waals surface area contributed by atoms with Crippen LogP contribution in [0.2, 0.25) is 0 Å². The van der Waals surface area contributed by atoms with Crippen LogP contribution in [0.15, 0.2) is 30.5 Å². The van der Waals surface area contributed by atoms with Gasteiger partial charge in [-0.05, 0) is 37.6 Å². The fourth-order valence-corrected chi connectivity index (χ4v) is 1.42. The topological polar surface area (TPSA) is 38.7 Å². The molecular weight excluding hydrogens is 186 g/mol. The number of hydrogen-bond donors (Lipinski definition) is 0. The molecule has 0 bridgehead atoms. The number of hydrogen-bond acceptors (Lipinski definition) is 3. The van der Waals surface area contributed by atoms with Crippen molar-refractivity contribution in [2.24, 2.45) is 0 Å². The lowest BCUT2D eigenvalue weighted by molar-refractivity contribution is 0.899. The first-order valence-electron chi connectivity index (χ1n) is 4.95. The smallest absolute Gasteiger partial charge is 0.0675 e. The molecule has 76 valence electrons. The third kappa shape index (κ3) is 2.37. The van der Waals surface area contributed by atoms with E-state index >= 15 is 0 Å². The van der Waals surface area contributed by atoms with Crippen molar-refractivity contribution >= 4 is 0 Å². The molecule has 0 amide bonds. The monoisotopic (exact) mass is 199 g/mol. The summed E-state index contributed by atoms with van der Waals surface area (Å²) in [5, 5.41) is 8.17. The van der Waals surface area contributed by atoms with Crippen molar-refractivity contribution < 1.29 is 0 Å². The Hall–Kier alpha value is -1.77. The molecule has 2 heterocycles. The van der Waals surface area contributed by atoms with E-state index in [0.717, 1.165) is 23.5 Å². The molecule has 2 rings (SSSR count). The Bertz CT molecular complexity index is 449. The summed E-state index contributed by atoms with van der Waals surface area (Å²) in [6.07, 6.45) is 2.60. The van der Waals surface area contributed by atoms with Gasteiger partial charge in [-0.1, -0.05) is 6.07 Å². The van der Waals surface area contributed by atoms with Crippen molar-refractivity contribution in [2.45, 2.75) is 20.3 Å². The van der Waals surface area contributed by atoms with E-state index in [-0.39, 0.29) is 0 Å². The lowest BCUT2D eigenvalue weighted by Gasteiger charge is -2.03. The van der Waals surface area contributed by atoms with E-state index in [0.29, 0.717) is 0 Å². The molecular formula is C12H13N3. The minimum Gasteiger partial charge on any atom is -0.261 e. The van der Waals surface area contributed by atoms with Gasteiger partial charge in [-0.2, -0.15) is 10.2 Å². The van der Waals surface area contributed by atoms with Gasteiger partial charge in [0.1, 0.15) is 0 Å². The minimum atomic E-state index is 0.799. The fourth-order valence-electron chi connectivity index (χ4n) is 1.42. The highest BCUT2D eigenvalue weighted by atomic mass is 15.1. The van der Waals surface area contributed by atoms with Crippen LogP contribution in [0.1, 0.15) is 22.6 Å². The van der Waals surface area contributed by atoms with E-state index < -0.39 is 0 Å². The van der Waals surface area contributed by atoms with E-state index in [9.17, 15) is 0 Å². The largest absolute Gasteiger partial charge is 0.261 e. The van der Waals surface area contributed by atoms with E-state index in [1.54, 1.807) is 6.20 Å². The molecule has 0 aliphatic carbocycles. The highest BCUT2D eigenvalue weighted by Gasteiger charge is 2.01. The van der Waals surface area contributed by atoms with Crippen LogP contribution in [-0.2, 0) is 6.42 Å². The Kier molecular flexibility index (Phi) is 2.72. The summed E-state index contributed by atoms with van der Waals surface area (Å²) in [5.74, 6) is 0. The van der Waals surface area contributed by atoms with Crippen LogP contribution in [0, 0.1) is 13.8 Å². The molecule has 2 aromatic heterocycles. The van der Waals surface area contributed by atoms with Crippen LogP contribution in [0.25, 0.3) is 0 Å². The third-order valence-corrected chi connectivity index (χ3v) is 2.34. The maximum atomic E-state index is 4.24. The lowest BCUT2D eigenvalue weighted by atomic mass is 10.1. The van der Waals surface area contributed by atoms with Crippen LogP contribution in [0.3, 0.4) is 0 Å². The summed E-state index contributed by atoms with van der Waals surface area (Å²) in [6.45, 7) is 3.95. The number of nitrogens with zero attached hydrogens (tertiary/aromatic N) is 3. The first kappa shape index (κ1) is 9.77. The average Bonchev–Trinajstić information content (AvgIpc) is 2.25.